The van der Waals surface area contributed by atoms with Gasteiger partial charge in [-0.15, -0.1) is 10.2 Å². The average molecular weight is 421 g/mol. The Balaban J connectivity index is 1.68. The van der Waals surface area contributed by atoms with Crippen molar-refractivity contribution in [2.45, 2.75) is 37.2 Å². The molecule has 0 unspecified atom stereocenters. The molecule has 154 valence electrons. The first kappa shape index (κ1) is 19.3. The van der Waals surface area contributed by atoms with E-state index in [0.717, 1.165) is 12.3 Å². The van der Waals surface area contributed by atoms with E-state index in [1.165, 1.54) is 12.1 Å². The van der Waals surface area contributed by atoms with E-state index in [4.69, 9.17) is 4.74 Å². The van der Waals surface area contributed by atoms with Gasteiger partial charge < -0.3 is 4.74 Å². The first-order chi connectivity index (χ1) is 13.5. The van der Waals surface area contributed by atoms with E-state index < -0.39 is 35.5 Å². The lowest BCUT2D eigenvalue weighted by Crippen LogP contribution is -2.55. The minimum Gasteiger partial charge on any atom is -0.459 e. The Morgan fingerprint density at radius 1 is 1.03 bits per heavy atom. The Hall–Kier alpha value is -2.99. The molecule has 0 atom stereocenters. The number of halogens is 7. The Kier molecular flexibility index (Phi) is 4.17. The molecule has 0 N–H and O–H groups in total. The summed E-state index contributed by atoms with van der Waals surface area (Å²) in [5, 5.41) is 10.1. The summed E-state index contributed by atoms with van der Waals surface area (Å²) in [5.41, 5.74) is -2.85. The zero-order chi connectivity index (χ0) is 21.0. The normalized spacial score (nSPS) is 16.7. The van der Waals surface area contributed by atoms with Crippen LogP contribution in [-0.4, -0.2) is 36.6 Å². The highest BCUT2D eigenvalue weighted by atomic mass is 19.4. The van der Waals surface area contributed by atoms with Crippen LogP contribution in [0.1, 0.15) is 25.1 Å². The molecule has 0 aliphatic heterocycles. The van der Waals surface area contributed by atoms with Crippen LogP contribution in [0.3, 0.4) is 0 Å². The number of hydrogen-bond donors (Lipinski definition) is 0. The van der Waals surface area contributed by atoms with Gasteiger partial charge in [-0.05, 0) is 37.5 Å². The summed E-state index contributed by atoms with van der Waals surface area (Å²) in [6.07, 6.45) is -8.89. The van der Waals surface area contributed by atoms with Crippen LogP contribution in [0.2, 0.25) is 0 Å². The molecule has 3 heterocycles. The Morgan fingerprint density at radius 3 is 2.31 bits per heavy atom. The van der Waals surface area contributed by atoms with Gasteiger partial charge in [-0.25, -0.2) is 9.37 Å². The van der Waals surface area contributed by atoms with E-state index in [-0.39, 0.29) is 36.2 Å². The topological polar surface area (TPSA) is 65.2 Å². The number of ether oxygens (including phenoxy) is 1. The molecule has 0 bridgehead atoms. The number of aromatic nitrogens is 5. The van der Waals surface area contributed by atoms with E-state index >= 15 is 0 Å². The standard InChI is InChI=1S/C16H10F7N5O/c17-9-6-8(7-24-12(9)29-14(4-1-5-14)16(21,22)23)10-2-3-11-25-26-13(15(18,19)20)28(11)27-10/h2-3,6-7H,1,4-5H2. The largest absolute Gasteiger partial charge is 0.459 e. The lowest BCUT2D eigenvalue weighted by Gasteiger charge is -2.42. The second-order valence-electron chi connectivity index (χ2n) is 6.47. The van der Waals surface area contributed by atoms with Gasteiger partial charge in [0.15, 0.2) is 11.5 Å². The van der Waals surface area contributed by atoms with Gasteiger partial charge >= 0.3 is 12.4 Å². The van der Waals surface area contributed by atoms with Gasteiger partial charge in [0.2, 0.25) is 5.60 Å². The van der Waals surface area contributed by atoms with Crippen molar-refractivity contribution in [3.8, 4) is 17.1 Å². The maximum Gasteiger partial charge on any atom is 0.453 e. The molecule has 3 aromatic heterocycles. The van der Waals surface area contributed by atoms with Crippen molar-refractivity contribution in [2.24, 2.45) is 0 Å². The quantitative estimate of drug-likeness (QED) is 0.593. The molecule has 3 aromatic rings. The summed E-state index contributed by atoms with van der Waals surface area (Å²) in [7, 11) is 0. The van der Waals surface area contributed by atoms with Crippen LogP contribution < -0.4 is 4.74 Å². The minimum atomic E-state index is -4.82. The summed E-state index contributed by atoms with van der Waals surface area (Å²) in [6, 6.07) is 3.22. The first-order valence-electron chi connectivity index (χ1n) is 8.21. The van der Waals surface area contributed by atoms with Crippen LogP contribution in [0.15, 0.2) is 24.4 Å². The Morgan fingerprint density at radius 2 is 1.76 bits per heavy atom. The highest BCUT2D eigenvalue weighted by molar-refractivity contribution is 5.59. The maximum absolute atomic E-state index is 14.3. The fraction of sp³-hybridized carbons (Fsp3) is 0.375. The summed E-state index contributed by atoms with van der Waals surface area (Å²) in [6.45, 7) is 0. The molecule has 29 heavy (non-hydrogen) atoms. The summed E-state index contributed by atoms with van der Waals surface area (Å²) in [4.78, 5) is 3.57. The van der Waals surface area contributed by atoms with E-state index in [9.17, 15) is 30.7 Å². The third-order valence-corrected chi connectivity index (χ3v) is 4.59. The molecule has 0 amide bonds. The third kappa shape index (κ3) is 3.23. The Labute approximate surface area is 157 Å². The molecule has 0 aromatic carbocycles. The summed E-state index contributed by atoms with van der Waals surface area (Å²) in [5.74, 6) is -3.41. The molecule has 1 aliphatic rings. The SMILES string of the molecule is Fc1cc(-c2ccc3nnc(C(F)(F)F)n3n2)cnc1OC1(C(F)(F)F)CCC1. The van der Waals surface area contributed by atoms with Crippen LogP contribution in [-0.2, 0) is 6.18 Å². The monoisotopic (exact) mass is 421 g/mol. The number of hydrogen-bond acceptors (Lipinski definition) is 5. The molecule has 1 saturated carbocycles. The third-order valence-electron chi connectivity index (χ3n) is 4.59. The van der Waals surface area contributed by atoms with Gasteiger partial charge in [0, 0.05) is 11.8 Å². The van der Waals surface area contributed by atoms with Crippen molar-refractivity contribution < 1.29 is 35.5 Å². The number of alkyl halides is 6. The van der Waals surface area contributed by atoms with Crippen molar-refractivity contribution in [2.75, 3.05) is 0 Å². The van der Waals surface area contributed by atoms with Crippen molar-refractivity contribution >= 4 is 5.65 Å². The molecule has 1 aliphatic carbocycles. The van der Waals surface area contributed by atoms with E-state index in [0.29, 0.717) is 4.52 Å². The lowest BCUT2D eigenvalue weighted by molar-refractivity contribution is -0.275. The van der Waals surface area contributed by atoms with Gasteiger partial charge in [0.05, 0.1) is 5.69 Å². The molecular weight excluding hydrogens is 411 g/mol. The molecule has 6 nitrogen and oxygen atoms in total. The van der Waals surface area contributed by atoms with Crippen LogP contribution in [0.5, 0.6) is 5.88 Å². The fourth-order valence-electron chi connectivity index (χ4n) is 2.89. The first-order valence-corrected chi connectivity index (χ1v) is 8.21. The van der Waals surface area contributed by atoms with Crippen molar-refractivity contribution in [1.29, 1.82) is 0 Å². The van der Waals surface area contributed by atoms with E-state index in [1.807, 2.05) is 0 Å². The maximum atomic E-state index is 14.3. The van der Waals surface area contributed by atoms with E-state index in [2.05, 4.69) is 20.3 Å². The fourth-order valence-corrected chi connectivity index (χ4v) is 2.89. The zero-order valence-corrected chi connectivity index (χ0v) is 14.2. The van der Waals surface area contributed by atoms with Gasteiger partial charge in [0.25, 0.3) is 11.7 Å². The molecule has 1 fully saturated rings. The predicted molar refractivity (Wildman–Crippen MR) is 82.2 cm³/mol. The number of fused-ring (bicyclic) bond motifs is 1. The van der Waals surface area contributed by atoms with Crippen LogP contribution >= 0.6 is 0 Å². The van der Waals surface area contributed by atoms with Crippen molar-refractivity contribution in [3.63, 3.8) is 0 Å². The van der Waals surface area contributed by atoms with Crippen molar-refractivity contribution in [1.82, 2.24) is 24.8 Å². The highest BCUT2D eigenvalue weighted by Crippen LogP contribution is 2.48. The second-order valence-corrected chi connectivity index (χ2v) is 6.47. The smallest absolute Gasteiger partial charge is 0.453 e. The predicted octanol–water partition coefficient (Wildman–Crippen LogP) is 4.21. The van der Waals surface area contributed by atoms with Crippen LogP contribution in [0.25, 0.3) is 16.9 Å². The summed E-state index contributed by atoms with van der Waals surface area (Å²) >= 11 is 0. The zero-order valence-electron chi connectivity index (χ0n) is 14.2. The van der Waals surface area contributed by atoms with Gasteiger partial charge in [-0.3, -0.25) is 0 Å². The van der Waals surface area contributed by atoms with Gasteiger partial charge in [0.1, 0.15) is 0 Å². The average Bonchev–Trinajstić information content (AvgIpc) is 3.01. The summed E-state index contributed by atoms with van der Waals surface area (Å²) < 4.78 is 98.0. The molecule has 0 spiro atoms. The van der Waals surface area contributed by atoms with Crippen LogP contribution in [0.4, 0.5) is 30.7 Å². The van der Waals surface area contributed by atoms with E-state index in [1.54, 1.807) is 0 Å². The molecular formula is C16H10F7N5O. The number of nitrogens with zero attached hydrogens (tertiary/aromatic N) is 5. The highest BCUT2D eigenvalue weighted by Gasteiger charge is 2.61. The molecule has 4 rings (SSSR count). The molecule has 13 heteroatoms. The van der Waals surface area contributed by atoms with Crippen molar-refractivity contribution in [3.05, 3.63) is 36.0 Å². The Bertz CT molecular complexity index is 1070. The number of pyridine rings is 1. The van der Waals surface area contributed by atoms with Gasteiger partial charge in [-0.1, -0.05) is 0 Å². The lowest BCUT2D eigenvalue weighted by atomic mass is 9.79. The van der Waals surface area contributed by atoms with Crippen LogP contribution in [0, 0.1) is 5.82 Å². The number of rotatable bonds is 3. The van der Waals surface area contributed by atoms with Gasteiger partial charge in [-0.2, -0.15) is 36.0 Å². The second kappa shape index (κ2) is 6.26. The minimum absolute atomic E-state index is 0.0618. The molecule has 0 saturated heterocycles. The molecule has 0 radical (unpaired) electrons.